The highest BCUT2D eigenvalue weighted by Crippen LogP contribution is 2.21. The predicted octanol–water partition coefficient (Wildman–Crippen LogP) is 5.21. The third-order valence-electron chi connectivity index (χ3n) is 2.83. The number of halogens is 3. The Bertz CT molecular complexity index is 681. The van der Waals surface area contributed by atoms with Crippen LogP contribution in [-0.2, 0) is 4.79 Å². The normalized spacial score (nSPS) is 9.15. The van der Waals surface area contributed by atoms with E-state index in [2.05, 4.69) is 20.8 Å². The summed E-state index contributed by atoms with van der Waals surface area (Å²) in [5.74, 6) is 5.91. The Morgan fingerprint density at radius 3 is 1.81 bits per heavy atom. The molecule has 0 heterocycles. The zero-order chi connectivity index (χ0) is 19.5. The van der Waals surface area contributed by atoms with Gasteiger partial charge in [0.1, 0.15) is 0 Å². The van der Waals surface area contributed by atoms with Crippen LogP contribution in [0.25, 0.3) is 0 Å². The summed E-state index contributed by atoms with van der Waals surface area (Å²) in [5, 5.41) is 7.45. The van der Waals surface area contributed by atoms with Crippen LogP contribution in [0.15, 0.2) is 54.6 Å². The van der Waals surface area contributed by atoms with Crippen LogP contribution in [0.5, 0.6) is 0 Å². The SMILES string of the molecule is CC(C)(C)N(N)c1ccc(Cl)cc1.Cl.N=C=O.O=C(Cl)c1ccccc1. The summed E-state index contributed by atoms with van der Waals surface area (Å²) in [6.45, 7) is 6.17. The van der Waals surface area contributed by atoms with Gasteiger partial charge in [0.15, 0.2) is 0 Å². The zero-order valence-electron chi connectivity index (χ0n) is 14.7. The molecule has 0 saturated heterocycles. The molecule has 2 aromatic rings. The summed E-state index contributed by atoms with van der Waals surface area (Å²) in [4.78, 5) is 18.8. The van der Waals surface area contributed by atoms with Gasteiger partial charge in [-0.15, -0.1) is 12.4 Å². The molecule has 0 aliphatic carbocycles. The van der Waals surface area contributed by atoms with Gasteiger partial charge in [-0.3, -0.25) is 4.79 Å². The Hall–Kier alpha value is -1.88. The van der Waals surface area contributed by atoms with E-state index in [4.69, 9.17) is 39.2 Å². The quantitative estimate of drug-likeness (QED) is 0.230. The molecule has 0 unspecified atom stereocenters. The lowest BCUT2D eigenvalue weighted by atomic mass is 10.1. The van der Waals surface area contributed by atoms with Gasteiger partial charge in [-0.05, 0) is 56.6 Å². The van der Waals surface area contributed by atoms with E-state index >= 15 is 0 Å². The third-order valence-corrected chi connectivity index (χ3v) is 3.30. The zero-order valence-corrected chi connectivity index (χ0v) is 17.0. The maximum Gasteiger partial charge on any atom is 0.252 e. The van der Waals surface area contributed by atoms with Crippen molar-refractivity contribution in [3.63, 3.8) is 0 Å². The number of carbonyl (C=O) groups is 1. The van der Waals surface area contributed by atoms with Gasteiger partial charge >= 0.3 is 0 Å². The van der Waals surface area contributed by atoms with Crippen molar-refractivity contribution in [1.29, 1.82) is 5.41 Å². The molecule has 0 aliphatic rings. The highest BCUT2D eigenvalue weighted by Gasteiger charge is 2.17. The maximum absolute atomic E-state index is 10.4. The number of nitrogens with two attached hydrogens (primary N) is 1. The van der Waals surface area contributed by atoms with E-state index in [1.807, 2.05) is 30.3 Å². The molecule has 0 amide bonds. The van der Waals surface area contributed by atoms with E-state index in [1.54, 1.807) is 29.3 Å². The Kier molecular flexibility index (Phi) is 13.5. The van der Waals surface area contributed by atoms with Crippen LogP contribution in [0.1, 0.15) is 31.1 Å². The molecule has 3 N–H and O–H groups in total. The number of anilines is 1. The summed E-state index contributed by atoms with van der Waals surface area (Å²) in [7, 11) is 0. The fraction of sp³-hybridized carbons (Fsp3) is 0.222. The number of rotatable bonds is 2. The van der Waals surface area contributed by atoms with Crippen molar-refractivity contribution in [3.05, 3.63) is 65.2 Å². The monoisotopic (exact) mass is 417 g/mol. The number of carbonyl (C=O) groups excluding carboxylic acids is 2. The standard InChI is InChI=1S/C10H15ClN2.C7H5ClO.CHNO.ClH/c1-10(2,3)13(12)9-6-4-8(11)5-7-9;8-7(9)6-4-2-1-3-5-6;2-1-3;/h4-7H,12H2,1-3H3;1-5H;2H;1H. The van der Waals surface area contributed by atoms with Crippen molar-refractivity contribution in [3.8, 4) is 0 Å². The van der Waals surface area contributed by atoms with Gasteiger partial charge in [0, 0.05) is 16.1 Å². The summed E-state index contributed by atoms with van der Waals surface area (Å²) in [6, 6.07) is 16.2. The molecule has 5 nitrogen and oxygen atoms in total. The smallest absolute Gasteiger partial charge is 0.252 e. The van der Waals surface area contributed by atoms with Gasteiger partial charge in [0.05, 0.1) is 5.69 Å². The molecule has 0 atom stereocenters. The van der Waals surface area contributed by atoms with E-state index in [1.165, 1.54) is 0 Å². The van der Waals surface area contributed by atoms with Crippen molar-refractivity contribution in [1.82, 2.24) is 0 Å². The lowest BCUT2D eigenvalue weighted by Crippen LogP contribution is -2.46. The summed E-state index contributed by atoms with van der Waals surface area (Å²) in [6.07, 6.45) is 0.750. The van der Waals surface area contributed by atoms with Gasteiger partial charge in [0.2, 0.25) is 6.08 Å². The Balaban J connectivity index is 0. The Morgan fingerprint density at radius 2 is 1.50 bits per heavy atom. The number of nitrogens with zero attached hydrogens (tertiary/aromatic N) is 1. The molecule has 0 aromatic heterocycles. The van der Waals surface area contributed by atoms with Crippen molar-refractivity contribution in [2.45, 2.75) is 26.3 Å². The second kappa shape index (κ2) is 13.3. The average Bonchev–Trinajstić information content (AvgIpc) is 2.56. The Labute approximate surface area is 170 Å². The number of hydrazine groups is 1. The first kappa shape index (κ1) is 26.4. The molecule has 2 rings (SSSR count). The number of hydrogen-bond donors (Lipinski definition) is 2. The Morgan fingerprint density at radius 1 is 1.08 bits per heavy atom. The van der Waals surface area contributed by atoms with Gasteiger partial charge < -0.3 is 5.01 Å². The molecule has 0 spiro atoms. The first-order chi connectivity index (χ1) is 11.6. The first-order valence-corrected chi connectivity index (χ1v) is 7.98. The summed E-state index contributed by atoms with van der Waals surface area (Å²) < 4.78 is 0. The fourth-order valence-corrected chi connectivity index (χ4v) is 1.81. The number of benzene rings is 2. The highest BCUT2D eigenvalue weighted by molar-refractivity contribution is 6.67. The van der Waals surface area contributed by atoms with Crippen LogP contribution in [0.3, 0.4) is 0 Å². The second-order valence-corrected chi connectivity index (χ2v) is 6.54. The lowest BCUT2D eigenvalue weighted by Gasteiger charge is -2.33. The van der Waals surface area contributed by atoms with Crippen LogP contribution in [-0.4, -0.2) is 16.9 Å². The summed E-state index contributed by atoms with van der Waals surface area (Å²) >= 11 is 10.9. The molecule has 0 bridgehead atoms. The average molecular weight is 419 g/mol. The lowest BCUT2D eigenvalue weighted by molar-refractivity contribution is 0.108. The molecule has 2 aromatic carbocycles. The second-order valence-electron chi connectivity index (χ2n) is 5.76. The van der Waals surface area contributed by atoms with Crippen LogP contribution in [0, 0.1) is 5.41 Å². The topological polar surface area (TPSA) is 87.2 Å². The van der Waals surface area contributed by atoms with Crippen molar-refractivity contribution in [2.75, 3.05) is 5.01 Å². The van der Waals surface area contributed by atoms with Crippen molar-refractivity contribution < 1.29 is 9.59 Å². The van der Waals surface area contributed by atoms with E-state index in [9.17, 15) is 4.79 Å². The summed E-state index contributed by atoms with van der Waals surface area (Å²) in [5.41, 5.74) is 1.43. The van der Waals surface area contributed by atoms with Crippen LogP contribution < -0.4 is 10.9 Å². The number of hydrogen-bond acceptors (Lipinski definition) is 5. The molecule has 0 radical (unpaired) electrons. The number of isocyanates is 1. The minimum atomic E-state index is -0.407. The first-order valence-electron chi connectivity index (χ1n) is 7.22. The molecule has 26 heavy (non-hydrogen) atoms. The number of nitrogens with one attached hydrogen (secondary N) is 1. The van der Waals surface area contributed by atoms with E-state index in [0.29, 0.717) is 5.56 Å². The molecule has 0 saturated carbocycles. The molecular weight excluding hydrogens is 397 g/mol. The molecule has 142 valence electrons. The molecule has 0 fully saturated rings. The highest BCUT2D eigenvalue weighted by atomic mass is 35.5. The molecule has 8 heteroatoms. The van der Waals surface area contributed by atoms with Crippen LogP contribution in [0.4, 0.5) is 5.69 Å². The largest absolute Gasteiger partial charge is 0.306 e. The van der Waals surface area contributed by atoms with Crippen molar-refractivity contribution in [2.24, 2.45) is 5.84 Å². The van der Waals surface area contributed by atoms with Gasteiger partial charge in [-0.2, -0.15) is 0 Å². The predicted molar refractivity (Wildman–Crippen MR) is 110 cm³/mol. The van der Waals surface area contributed by atoms with Crippen LogP contribution in [0.2, 0.25) is 5.02 Å². The molecule has 0 aliphatic heterocycles. The van der Waals surface area contributed by atoms with Gasteiger partial charge in [0.25, 0.3) is 5.24 Å². The van der Waals surface area contributed by atoms with E-state index < -0.39 is 5.24 Å². The van der Waals surface area contributed by atoms with Crippen molar-refractivity contribution >= 4 is 52.6 Å². The van der Waals surface area contributed by atoms with Gasteiger partial charge in [-0.1, -0.05) is 41.9 Å². The van der Waals surface area contributed by atoms with Gasteiger partial charge in [-0.25, -0.2) is 16.0 Å². The van der Waals surface area contributed by atoms with Crippen LogP contribution >= 0.6 is 35.6 Å². The fourth-order valence-electron chi connectivity index (χ4n) is 1.56. The minimum Gasteiger partial charge on any atom is -0.306 e. The van der Waals surface area contributed by atoms with E-state index in [-0.39, 0.29) is 17.9 Å². The van der Waals surface area contributed by atoms with E-state index in [0.717, 1.165) is 16.8 Å². The maximum atomic E-state index is 10.4. The third kappa shape index (κ3) is 10.9. The molecular formula is C18H22Cl3N3O2. The minimum absolute atomic E-state index is 0.